The van der Waals surface area contributed by atoms with Crippen LogP contribution < -0.4 is 11.2 Å². The van der Waals surface area contributed by atoms with E-state index >= 15 is 0 Å². The van der Waals surface area contributed by atoms with E-state index in [0.29, 0.717) is 5.56 Å². The summed E-state index contributed by atoms with van der Waals surface area (Å²) in [6, 6.07) is 15.7. The number of nitrogens with two attached hydrogens (primary N) is 1. The first-order chi connectivity index (χ1) is 9.72. The molecule has 0 saturated heterocycles. The average Bonchev–Trinajstić information content (AvgIpc) is 2.79. The SMILES string of the molecule is N#Cc1cccc2c1-c1ccccc1/C2=N/NC(N)=S. The monoisotopic (exact) mass is 278 g/mol. The maximum Gasteiger partial charge on any atom is 0.184 e. The van der Waals surface area contributed by atoms with Gasteiger partial charge in [0.05, 0.1) is 17.3 Å². The number of hydrogen-bond acceptors (Lipinski definition) is 3. The molecule has 0 spiro atoms. The molecule has 0 aromatic heterocycles. The first-order valence-corrected chi connectivity index (χ1v) is 6.39. The molecule has 1 aliphatic rings. The standard InChI is InChI=1S/C15H10N4S/c16-8-9-4-3-7-12-13(9)10-5-1-2-6-11(10)14(12)18-19-15(17)20/h1-7H,(H3,17,19,20)/b18-14-. The van der Waals surface area contributed by atoms with E-state index in [1.807, 2.05) is 36.4 Å². The van der Waals surface area contributed by atoms with Crippen molar-refractivity contribution in [1.29, 1.82) is 5.26 Å². The van der Waals surface area contributed by atoms with Gasteiger partial charge in [0, 0.05) is 16.7 Å². The van der Waals surface area contributed by atoms with Gasteiger partial charge in [-0.2, -0.15) is 10.4 Å². The Kier molecular flexibility index (Phi) is 2.93. The normalized spacial score (nSPS) is 13.4. The second-order valence-corrected chi connectivity index (χ2v) is 4.76. The van der Waals surface area contributed by atoms with Crippen LogP contribution in [0.1, 0.15) is 16.7 Å². The van der Waals surface area contributed by atoms with Crippen molar-refractivity contribution in [3.63, 3.8) is 0 Å². The van der Waals surface area contributed by atoms with Gasteiger partial charge in [-0.1, -0.05) is 36.4 Å². The molecule has 5 heteroatoms. The van der Waals surface area contributed by atoms with Crippen LogP contribution in [0.2, 0.25) is 0 Å². The Morgan fingerprint density at radius 1 is 1.10 bits per heavy atom. The van der Waals surface area contributed by atoms with Gasteiger partial charge in [-0.15, -0.1) is 0 Å². The van der Waals surface area contributed by atoms with E-state index in [1.54, 1.807) is 6.07 Å². The Morgan fingerprint density at radius 3 is 2.50 bits per heavy atom. The zero-order valence-corrected chi connectivity index (χ0v) is 11.2. The number of benzene rings is 2. The smallest absolute Gasteiger partial charge is 0.184 e. The van der Waals surface area contributed by atoms with Crippen molar-refractivity contribution < 1.29 is 0 Å². The Hall–Kier alpha value is -2.71. The third kappa shape index (κ3) is 1.83. The summed E-state index contributed by atoms with van der Waals surface area (Å²) in [4.78, 5) is 0. The molecule has 96 valence electrons. The maximum atomic E-state index is 9.29. The van der Waals surface area contributed by atoms with Crippen LogP contribution in [0.5, 0.6) is 0 Å². The summed E-state index contributed by atoms with van der Waals surface area (Å²) in [7, 11) is 0. The molecule has 4 nitrogen and oxygen atoms in total. The summed E-state index contributed by atoms with van der Waals surface area (Å²) in [5, 5.41) is 13.7. The molecule has 0 unspecified atom stereocenters. The van der Waals surface area contributed by atoms with Gasteiger partial charge >= 0.3 is 0 Å². The van der Waals surface area contributed by atoms with Gasteiger partial charge in [-0.25, -0.2) is 0 Å². The third-order valence-corrected chi connectivity index (χ3v) is 3.26. The summed E-state index contributed by atoms with van der Waals surface area (Å²) >= 11 is 4.78. The molecule has 3 rings (SSSR count). The molecule has 2 aromatic rings. The van der Waals surface area contributed by atoms with E-state index in [0.717, 1.165) is 28.0 Å². The highest BCUT2D eigenvalue weighted by Gasteiger charge is 2.26. The molecule has 0 fully saturated rings. The summed E-state index contributed by atoms with van der Waals surface area (Å²) < 4.78 is 0. The lowest BCUT2D eigenvalue weighted by Crippen LogP contribution is -2.25. The Morgan fingerprint density at radius 2 is 1.80 bits per heavy atom. The topological polar surface area (TPSA) is 74.2 Å². The maximum absolute atomic E-state index is 9.29. The third-order valence-electron chi connectivity index (χ3n) is 3.17. The van der Waals surface area contributed by atoms with Gasteiger partial charge in [-0.3, -0.25) is 5.43 Å². The number of hydrogen-bond donors (Lipinski definition) is 2. The fourth-order valence-corrected chi connectivity index (χ4v) is 2.46. The molecule has 0 aliphatic heterocycles. The lowest BCUT2D eigenvalue weighted by Gasteiger charge is -2.02. The lowest BCUT2D eigenvalue weighted by molar-refractivity contribution is 1.03. The first-order valence-electron chi connectivity index (χ1n) is 5.98. The van der Waals surface area contributed by atoms with Crippen LogP contribution in [0.25, 0.3) is 11.1 Å². The molecule has 0 radical (unpaired) electrons. The van der Waals surface area contributed by atoms with Crippen LogP contribution in [0.3, 0.4) is 0 Å². The number of nitrogens with one attached hydrogen (secondary N) is 1. The Labute approximate surface area is 121 Å². The zero-order chi connectivity index (χ0) is 14.1. The largest absolute Gasteiger partial charge is 0.375 e. The number of fused-ring (bicyclic) bond motifs is 3. The quantitative estimate of drug-likeness (QED) is 0.528. The minimum Gasteiger partial charge on any atom is -0.375 e. The van der Waals surface area contributed by atoms with Crippen molar-refractivity contribution in [2.45, 2.75) is 0 Å². The predicted molar refractivity (Wildman–Crippen MR) is 82.2 cm³/mol. The van der Waals surface area contributed by atoms with Crippen molar-refractivity contribution in [2.75, 3.05) is 0 Å². The van der Waals surface area contributed by atoms with Gasteiger partial charge in [0.25, 0.3) is 0 Å². The van der Waals surface area contributed by atoms with E-state index in [-0.39, 0.29) is 5.11 Å². The van der Waals surface area contributed by atoms with Crippen LogP contribution >= 0.6 is 12.2 Å². The van der Waals surface area contributed by atoms with Gasteiger partial charge in [0.15, 0.2) is 5.11 Å². The number of hydrazone groups is 1. The summed E-state index contributed by atoms with van der Waals surface area (Å²) in [6.45, 7) is 0. The van der Waals surface area contributed by atoms with Gasteiger partial charge in [0.2, 0.25) is 0 Å². The highest BCUT2D eigenvalue weighted by molar-refractivity contribution is 7.80. The number of thiocarbonyl (C=S) groups is 1. The summed E-state index contributed by atoms with van der Waals surface area (Å²) in [6.07, 6.45) is 0. The van der Waals surface area contributed by atoms with Crippen molar-refractivity contribution >= 4 is 23.0 Å². The highest BCUT2D eigenvalue weighted by Crippen LogP contribution is 2.38. The van der Waals surface area contributed by atoms with Crippen LogP contribution in [0.15, 0.2) is 47.6 Å². The number of rotatable bonds is 1. The molecule has 0 heterocycles. The zero-order valence-electron chi connectivity index (χ0n) is 10.4. The molecule has 0 saturated carbocycles. The van der Waals surface area contributed by atoms with E-state index in [9.17, 15) is 5.26 Å². The van der Waals surface area contributed by atoms with Gasteiger partial charge in [0.1, 0.15) is 0 Å². The summed E-state index contributed by atoms with van der Waals surface area (Å²) in [5.74, 6) is 0. The van der Waals surface area contributed by atoms with Crippen LogP contribution in [-0.2, 0) is 0 Å². The average molecular weight is 278 g/mol. The second kappa shape index (κ2) is 4.76. The Bertz CT molecular complexity index is 787. The fraction of sp³-hybridized carbons (Fsp3) is 0. The molecule has 3 N–H and O–H groups in total. The minimum absolute atomic E-state index is 0.111. The van der Waals surface area contributed by atoms with E-state index in [1.165, 1.54) is 0 Å². The molecule has 0 amide bonds. The summed E-state index contributed by atoms with van der Waals surface area (Å²) in [5.41, 5.74) is 13.2. The van der Waals surface area contributed by atoms with Crippen LogP contribution in [-0.4, -0.2) is 10.8 Å². The van der Waals surface area contributed by atoms with Crippen LogP contribution in [0.4, 0.5) is 0 Å². The van der Waals surface area contributed by atoms with E-state index < -0.39 is 0 Å². The molecule has 1 aliphatic carbocycles. The van der Waals surface area contributed by atoms with Crippen molar-refractivity contribution in [1.82, 2.24) is 5.43 Å². The number of nitrogens with zero attached hydrogens (tertiary/aromatic N) is 2. The Balaban J connectivity index is 2.29. The van der Waals surface area contributed by atoms with E-state index in [4.69, 9.17) is 18.0 Å². The molecule has 0 bridgehead atoms. The van der Waals surface area contributed by atoms with Crippen molar-refractivity contribution in [3.05, 3.63) is 59.2 Å². The molecular formula is C15H10N4S. The molecular weight excluding hydrogens is 268 g/mol. The van der Waals surface area contributed by atoms with E-state index in [2.05, 4.69) is 16.6 Å². The molecule has 2 aromatic carbocycles. The second-order valence-electron chi connectivity index (χ2n) is 4.32. The van der Waals surface area contributed by atoms with Crippen molar-refractivity contribution in [3.8, 4) is 17.2 Å². The first kappa shape index (κ1) is 12.3. The highest BCUT2D eigenvalue weighted by atomic mass is 32.1. The van der Waals surface area contributed by atoms with Gasteiger partial charge in [-0.05, 0) is 23.8 Å². The predicted octanol–water partition coefficient (Wildman–Crippen LogP) is 2.12. The lowest BCUT2D eigenvalue weighted by atomic mass is 10.0. The van der Waals surface area contributed by atoms with Gasteiger partial charge < -0.3 is 5.73 Å². The van der Waals surface area contributed by atoms with Crippen molar-refractivity contribution in [2.24, 2.45) is 10.8 Å². The number of nitriles is 1. The molecule has 20 heavy (non-hydrogen) atoms. The fourth-order valence-electron chi connectivity index (χ4n) is 2.42. The minimum atomic E-state index is 0.111. The molecule has 0 atom stereocenters. The van der Waals surface area contributed by atoms with Crippen LogP contribution in [0, 0.1) is 11.3 Å².